The summed E-state index contributed by atoms with van der Waals surface area (Å²) >= 11 is 0. The topological polar surface area (TPSA) is 61.4 Å². The number of piperazine rings is 1. The molecule has 6 nitrogen and oxygen atoms in total. The number of hydrogen-bond donors (Lipinski definition) is 1. The summed E-state index contributed by atoms with van der Waals surface area (Å²) in [5, 5.41) is 4.01. The minimum Gasteiger partial charge on any atom is -0.362 e. The molecule has 23 heavy (non-hydrogen) atoms. The SMILES string of the molecule is CCN1CCN(Cc2nc3c4c(cccc4n2)C(=O)CN3)CC1. The largest absolute Gasteiger partial charge is 0.362 e. The second kappa shape index (κ2) is 5.86. The van der Waals surface area contributed by atoms with Gasteiger partial charge in [-0.05, 0) is 12.6 Å². The Morgan fingerprint density at radius 2 is 1.91 bits per heavy atom. The van der Waals surface area contributed by atoms with Crippen LogP contribution in [0, 0.1) is 0 Å². The zero-order valence-corrected chi connectivity index (χ0v) is 13.4. The molecule has 4 rings (SSSR count). The van der Waals surface area contributed by atoms with Crippen LogP contribution in [-0.2, 0) is 6.54 Å². The van der Waals surface area contributed by atoms with Crippen molar-refractivity contribution in [1.82, 2.24) is 19.8 Å². The highest BCUT2D eigenvalue weighted by atomic mass is 16.1. The fraction of sp³-hybridized carbons (Fsp3) is 0.471. The van der Waals surface area contributed by atoms with E-state index in [1.54, 1.807) is 0 Å². The Bertz CT molecular complexity index is 752. The number of benzene rings is 1. The summed E-state index contributed by atoms with van der Waals surface area (Å²) in [4.78, 5) is 26.2. The van der Waals surface area contributed by atoms with Crippen molar-refractivity contribution >= 4 is 22.5 Å². The van der Waals surface area contributed by atoms with E-state index < -0.39 is 0 Å². The Morgan fingerprint density at radius 1 is 1.13 bits per heavy atom. The lowest BCUT2D eigenvalue weighted by atomic mass is 10.0. The van der Waals surface area contributed by atoms with Gasteiger partial charge in [0.15, 0.2) is 5.78 Å². The van der Waals surface area contributed by atoms with Gasteiger partial charge in [0, 0.05) is 31.7 Å². The van der Waals surface area contributed by atoms with Crippen molar-refractivity contribution in [2.45, 2.75) is 13.5 Å². The Morgan fingerprint density at radius 3 is 2.70 bits per heavy atom. The zero-order chi connectivity index (χ0) is 15.8. The number of carbonyl (C=O) groups is 1. The molecule has 1 saturated heterocycles. The van der Waals surface area contributed by atoms with E-state index in [0.29, 0.717) is 6.54 Å². The van der Waals surface area contributed by atoms with Crippen molar-refractivity contribution in [2.75, 3.05) is 44.6 Å². The first-order valence-electron chi connectivity index (χ1n) is 8.26. The van der Waals surface area contributed by atoms with E-state index >= 15 is 0 Å². The van der Waals surface area contributed by atoms with Gasteiger partial charge in [-0.25, -0.2) is 9.97 Å². The van der Waals surface area contributed by atoms with E-state index in [1.165, 1.54) is 0 Å². The molecule has 2 aliphatic heterocycles. The van der Waals surface area contributed by atoms with Crippen LogP contribution in [0.15, 0.2) is 18.2 Å². The quantitative estimate of drug-likeness (QED) is 0.924. The molecule has 3 heterocycles. The maximum absolute atomic E-state index is 12.0. The third-order valence-electron chi connectivity index (χ3n) is 4.76. The number of aromatic nitrogens is 2. The van der Waals surface area contributed by atoms with E-state index in [1.807, 2.05) is 18.2 Å². The Hall–Kier alpha value is -2.05. The minimum atomic E-state index is 0.107. The monoisotopic (exact) mass is 311 g/mol. The maximum atomic E-state index is 12.0. The van der Waals surface area contributed by atoms with Crippen LogP contribution < -0.4 is 5.32 Å². The highest BCUT2D eigenvalue weighted by Crippen LogP contribution is 2.28. The molecule has 1 aromatic carbocycles. The lowest BCUT2D eigenvalue weighted by Gasteiger charge is -2.33. The smallest absolute Gasteiger partial charge is 0.182 e. The van der Waals surface area contributed by atoms with Crippen molar-refractivity contribution in [2.24, 2.45) is 0 Å². The van der Waals surface area contributed by atoms with E-state index in [4.69, 9.17) is 0 Å². The fourth-order valence-corrected chi connectivity index (χ4v) is 3.39. The number of carbonyl (C=O) groups excluding carboxylic acids is 1. The molecule has 0 bridgehead atoms. The molecule has 0 unspecified atom stereocenters. The molecule has 1 fully saturated rings. The lowest BCUT2D eigenvalue weighted by Crippen LogP contribution is -2.45. The minimum absolute atomic E-state index is 0.107. The molecule has 6 heteroatoms. The molecular weight excluding hydrogens is 290 g/mol. The first-order valence-corrected chi connectivity index (χ1v) is 8.26. The normalized spacial score (nSPS) is 19.1. The molecular formula is C17H21N5O. The summed E-state index contributed by atoms with van der Waals surface area (Å²) in [5.41, 5.74) is 1.59. The second-order valence-corrected chi connectivity index (χ2v) is 6.18. The molecule has 0 radical (unpaired) electrons. The van der Waals surface area contributed by atoms with Crippen molar-refractivity contribution in [3.8, 4) is 0 Å². The number of ketones is 1. The van der Waals surface area contributed by atoms with Crippen molar-refractivity contribution in [3.63, 3.8) is 0 Å². The van der Waals surface area contributed by atoms with Gasteiger partial charge in [-0.3, -0.25) is 9.69 Å². The molecule has 1 aromatic heterocycles. The predicted octanol–water partition coefficient (Wildman–Crippen LogP) is 1.38. The Kier molecular flexibility index (Phi) is 3.71. The van der Waals surface area contributed by atoms with Crippen LogP contribution >= 0.6 is 0 Å². The van der Waals surface area contributed by atoms with E-state index in [2.05, 4.69) is 32.0 Å². The van der Waals surface area contributed by atoms with Crippen LogP contribution in [0.4, 0.5) is 5.82 Å². The molecule has 2 aromatic rings. The Balaban J connectivity index is 1.61. The molecule has 2 aliphatic rings. The van der Waals surface area contributed by atoms with Gasteiger partial charge in [-0.15, -0.1) is 0 Å². The van der Waals surface area contributed by atoms with Crippen molar-refractivity contribution < 1.29 is 4.79 Å². The predicted molar refractivity (Wildman–Crippen MR) is 89.7 cm³/mol. The molecule has 0 amide bonds. The average molecular weight is 311 g/mol. The van der Waals surface area contributed by atoms with Crippen molar-refractivity contribution in [1.29, 1.82) is 0 Å². The molecule has 0 atom stereocenters. The van der Waals surface area contributed by atoms with E-state index in [0.717, 1.165) is 67.4 Å². The summed E-state index contributed by atoms with van der Waals surface area (Å²) in [6, 6.07) is 5.73. The summed E-state index contributed by atoms with van der Waals surface area (Å²) in [5.74, 6) is 1.74. The zero-order valence-electron chi connectivity index (χ0n) is 13.4. The van der Waals surface area contributed by atoms with Crippen LogP contribution in [0.5, 0.6) is 0 Å². The van der Waals surface area contributed by atoms with Crippen LogP contribution in [0.25, 0.3) is 10.9 Å². The standard InChI is InChI=1S/C17H21N5O/c1-2-21-6-8-22(9-7-21)11-15-19-13-5-3-4-12-14(23)10-18-17(20-15)16(12)13/h3-5H,2,6-11H2,1H3,(H,18,19,20). The first-order chi connectivity index (χ1) is 11.2. The molecule has 1 N–H and O–H groups in total. The molecule has 0 spiro atoms. The summed E-state index contributed by atoms with van der Waals surface area (Å²) in [6.07, 6.45) is 0. The fourth-order valence-electron chi connectivity index (χ4n) is 3.39. The Labute approximate surface area is 135 Å². The number of nitrogens with zero attached hydrogens (tertiary/aromatic N) is 4. The van der Waals surface area contributed by atoms with Gasteiger partial charge in [0.25, 0.3) is 0 Å². The third kappa shape index (κ3) is 2.68. The van der Waals surface area contributed by atoms with Gasteiger partial charge in [-0.1, -0.05) is 19.1 Å². The van der Waals surface area contributed by atoms with Gasteiger partial charge in [0.05, 0.1) is 24.0 Å². The van der Waals surface area contributed by atoms with Crippen LogP contribution in [0.3, 0.4) is 0 Å². The summed E-state index contributed by atoms with van der Waals surface area (Å²) < 4.78 is 0. The lowest BCUT2D eigenvalue weighted by molar-refractivity contribution is 0.101. The first kappa shape index (κ1) is 14.5. The molecule has 120 valence electrons. The van der Waals surface area contributed by atoms with Crippen molar-refractivity contribution in [3.05, 3.63) is 29.6 Å². The van der Waals surface area contributed by atoms with Gasteiger partial charge in [0.2, 0.25) is 0 Å². The van der Waals surface area contributed by atoms with Crippen LogP contribution in [0.2, 0.25) is 0 Å². The van der Waals surface area contributed by atoms with Gasteiger partial charge in [-0.2, -0.15) is 0 Å². The van der Waals surface area contributed by atoms with E-state index in [9.17, 15) is 4.79 Å². The number of nitrogens with one attached hydrogen (secondary N) is 1. The highest BCUT2D eigenvalue weighted by molar-refractivity contribution is 6.15. The average Bonchev–Trinajstić information content (AvgIpc) is 2.59. The van der Waals surface area contributed by atoms with Gasteiger partial charge in [0.1, 0.15) is 11.6 Å². The molecule has 0 aliphatic carbocycles. The maximum Gasteiger partial charge on any atom is 0.182 e. The number of rotatable bonds is 3. The second-order valence-electron chi connectivity index (χ2n) is 6.18. The number of likely N-dealkylation sites (N-methyl/N-ethyl adjacent to an activating group) is 1. The number of anilines is 1. The molecule has 0 saturated carbocycles. The van der Waals surface area contributed by atoms with Crippen LogP contribution in [-0.4, -0.2) is 64.8 Å². The van der Waals surface area contributed by atoms with Gasteiger partial charge < -0.3 is 10.2 Å². The van der Waals surface area contributed by atoms with Gasteiger partial charge >= 0.3 is 0 Å². The summed E-state index contributed by atoms with van der Waals surface area (Å²) in [7, 11) is 0. The van der Waals surface area contributed by atoms with Crippen LogP contribution in [0.1, 0.15) is 23.1 Å². The summed E-state index contributed by atoms with van der Waals surface area (Å²) in [6.45, 7) is 8.72. The highest BCUT2D eigenvalue weighted by Gasteiger charge is 2.22. The third-order valence-corrected chi connectivity index (χ3v) is 4.76. The number of Topliss-reactive ketones (excluding diaryl/α,β-unsaturated/α-hetero) is 1. The van der Waals surface area contributed by atoms with E-state index in [-0.39, 0.29) is 5.78 Å². The number of hydrogen-bond acceptors (Lipinski definition) is 6.